The zero-order valence-corrected chi connectivity index (χ0v) is 8.71. The normalized spacial score (nSPS) is 9.40. The lowest BCUT2D eigenvalue weighted by Gasteiger charge is -2.06. The van der Waals surface area contributed by atoms with Gasteiger partial charge in [0.2, 0.25) is 0 Å². The molecule has 1 N–H and O–H groups in total. The van der Waals surface area contributed by atoms with E-state index in [-0.39, 0.29) is 22.8 Å². The van der Waals surface area contributed by atoms with Crippen LogP contribution >= 0.6 is 11.6 Å². The third-order valence-electron chi connectivity index (χ3n) is 1.86. The van der Waals surface area contributed by atoms with Gasteiger partial charge >= 0.3 is 0 Å². The Morgan fingerprint density at radius 2 is 2.33 bits per heavy atom. The van der Waals surface area contributed by atoms with E-state index >= 15 is 0 Å². The summed E-state index contributed by atoms with van der Waals surface area (Å²) in [5, 5.41) is 18.2. The van der Waals surface area contributed by atoms with E-state index in [1.54, 1.807) is 6.07 Å². The van der Waals surface area contributed by atoms with Crippen molar-refractivity contribution in [3.05, 3.63) is 23.3 Å². The highest BCUT2D eigenvalue weighted by Gasteiger charge is 2.16. The number of Topliss-reactive ketones (excluding diaryl/α,β-unsaturated/α-hetero) is 1. The molecule has 0 radical (unpaired) electrons. The van der Waals surface area contributed by atoms with Crippen molar-refractivity contribution in [2.45, 2.75) is 0 Å². The van der Waals surface area contributed by atoms with Crippen molar-refractivity contribution in [1.82, 2.24) is 0 Å². The largest absolute Gasteiger partial charge is 0.506 e. The van der Waals surface area contributed by atoms with E-state index in [9.17, 15) is 9.90 Å². The van der Waals surface area contributed by atoms with Crippen LogP contribution in [0.4, 0.5) is 0 Å². The Hall–Kier alpha value is -1.73. The van der Waals surface area contributed by atoms with Gasteiger partial charge < -0.3 is 9.84 Å². The Balaban J connectivity index is 3.40. The number of ether oxygens (including phenoxy) is 1. The summed E-state index contributed by atoms with van der Waals surface area (Å²) in [5.41, 5.74) is -0.00852. The summed E-state index contributed by atoms with van der Waals surface area (Å²) >= 11 is 5.38. The summed E-state index contributed by atoms with van der Waals surface area (Å²) < 4.78 is 4.87. The molecule has 0 spiro atoms. The molecule has 78 valence electrons. The fourth-order valence-corrected chi connectivity index (χ4v) is 1.27. The highest BCUT2D eigenvalue weighted by molar-refractivity contribution is 6.30. The molecule has 0 heterocycles. The predicted octanol–water partition coefficient (Wildman–Crippen LogP) is 1.69. The Bertz CT molecular complexity index is 437. The molecule has 0 saturated heterocycles. The average molecular weight is 226 g/mol. The molecule has 0 unspecified atom stereocenters. The number of nitriles is 1. The van der Waals surface area contributed by atoms with Gasteiger partial charge in [-0.15, -0.1) is 11.6 Å². The lowest BCUT2D eigenvalue weighted by Crippen LogP contribution is -2.04. The number of benzene rings is 1. The summed E-state index contributed by atoms with van der Waals surface area (Å²) in [4.78, 5) is 11.4. The summed E-state index contributed by atoms with van der Waals surface area (Å²) in [5.74, 6) is -0.658. The molecule has 0 amide bonds. The van der Waals surface area contributed by atoms with Crippen molar-refractivity contribution in [2.75, 3.05) is 13.0 Å². The molecular formula is C10H8ClNO3. The van der Waals surface area contributed by atoms with Gasteiger partial charge in [-0.25, -0.2) is 0 Å². The van der Waals surface area contributed by atoms with Gasteiger partial charge in [0.15, 0.2) is 5.78 Å². The van der Waals surface area contributed by atoms with Gasteiger partial charge in [-0.1, -0.05) is 0 Å². The Morgan fingerprint density at radius 3 is 2.80 bits per heavy atom. The second-order valence-electron chi connectivity index (χ2n) is 2.74. The Labute approximate surface area is 91.7 Å². The van der Waals surface area contributed by atoms with Gasteiger partial charge in [-0.2, -0.15) is 5.26 Å². The quantitative estimate of drug-likeness (QED) is 0.628. The van der Waals surface area contributed by atoms with Crippen molar-refractivity contribution < 1.29 is 14.6 Å². The molecule has 0 aromatic heterocycles. The number of hydrogen-bond donors (Lipinski definition) is 1. The predicted molar refractivity (Wildman–Crippen MR) is 54.4 cm³/mol. The number of carbonyl (C=O) groups excluding carboxylic acids is 1. The molecule has 0 bridgehead atoms. The standard InChI is InChI=1S/C10H8ClNO3/c1-15-6-2-7(10(14)4-11)8(5-12)9(13)3-6/h2-3,13H,4H2,1H3. The lowest BCUT2D eigenvalue weighted by atomic mass is 10.0. The third kappa shape index (κ3) is 2.20. The number of phenols is 1. The van der Waals surface area contributed by atoms with E-state index in [0.29, 0.717) is 5.75 Å². The maximum absolute atomic E-state index is 11.4. The second-order valence-corrected chi connectivity index (χ2v) is 3.00. The minimum Gasteiger partial charge on any atom is -0.506 e. The number of halogens is 1. The van der Waals surface area contributed by atoms with Gasteiger partial charge in [0.1, 0.15) is 23.1 Å². The molecule has 4 nitrogen and oxygen atoms in total. The van der Waals surface area contributed by atoms with Crippen LogP contribution in [-0.2, 0) is 0 Å². The number of methoxy groups -OCH3 is 1. The fourth-order valence-electron chi connectivity index (χ4n) is 1.13. The topological polar surface area (TPSA) is 70.3 Å². The van der Waals surface area contributed by atoms with Crippen molar-refractivity contribution >= 4 is 17.4 Å². The number of carbonyl (C=O) groups is 1. The molecular weight excluding hydrogens is 218 g/mol. The summed E-state index contributed by atoms with van der Waals surface area (Å²) in [6.45, 7) is 0. The molecule has 1 rings (SSSR count). The van der Waals surface area contributed by atoms with E-state index < -0.39 is 5.78 Å². The molecule has 1 aromatic rings. The van der Waals surface area contributed by atoms with Crippen LogP contribution in [-0.4, -0.2) is 23.9 Å². The number of phenolic OH excluding ortho intramolecular Hbond substituents is 1. The summed E-state index contributed by atoms with van der Waals surface area (Å²) in [6.07, 6.45) is 0. The number of nitrogens with zero attached hydrogens (tertiary/aromatic N) is 1. The average Bonchev–Trinajstić information content (AvgIpc) is 2.26. The minimum atomic E-state index is -0.428. The van der Waals surface area contributed by atoms with E-state index in [1.165, 1.54) is 19.2 Å². The van der Waals surface area contributed by atoms with Crippen LogP contribution in [0.3, 0.4) is 0 Å². The van der Waals surface area contributed by atoms with Crippen molar-refractivity contribution in [3.63, 3.8) is 0 Å². The highest BCUT2D eigenvalue weighted by atomic mass is 35.5. The molecule has 0 atom stereocenters. The maximum Gasteiger partial charge on any atom is 0.179 e. The van der Waals surface area contributed by atoms with Gasteiger partial charge in [-0.3, -0.25) is 4.79 Å². The number of alkyl halides is 1. The first-order valence-electron chi connectivity index (χ1n) is 4.04. The first kappa shape index (κ1) is 11.3. The first-order valence-corrected chi connectivity index (χ1v) is 4.57. The highest BCUT2D eigenvalue weighted by Crippen LogP contribution is 2.27. The van der Waals surface area contributed by atoms with Crippen molar-refractivity contribution in [3.8, 4) is 17.6 Å². The molecule has 0 aliphatic rings. The Kier molecular flexibility index (Phi) is 3.53. The summed E-state index contributed by atoms with van der Waals surface area (Å²) in [6, 6.07) is 4.39. The van der Waals surface area contributed by atoms with E-state index in [1.807, 2.05) is 0 Å². The lowest BCUT2D eigenvalue weighted by molar-refractivity contribution is 0.102. The molecule has 5 heteroatoms. The molecule has 15 heavy (non-hydrogen) atoms. The van der Waals surface area contributed by atoms with Crippen LogP contribution in [0.15, 0.2) is 12.1 Å². The van der Waals surface area contributed by atoms with Crippen LogP contribution in [0.5, 0.6) is 11.5 Å². The van der Waals surface area contributed by atoms with Gasteiger partial charge in [0.05, 0.1) is 13.0 Å². The van der Waals surface area contributed by atoms with Crippen LogP contribution in [0, 0.1) is 11.3 Å². The van der Waals surface area contributed by atoms with Gasteiger partial charge in [0, 0.05) is 11.6 Å². The summed E-state index contributed by atoms with van der Waals surface area (Å²) in [7, 11) is 1.40. The zero-order valence-electron chi connectivity index (χ0n) is 7.95. The van der Waals surface area contributed by atoms with E-state index in [4.69, 9.17) is 21.6 Å². The maximum atomic E-state index is 11.4. The monoisotopic (exact) mass is 225 g/mol. The minimum absolute atomic E-state index is 0.0735. The van der Waals surface area contributed by atoms with Crippen LogP contribution < -0.4 is 4.74 Å². The molecule has 0 fully saturated rings. The molecule has 0 aliphatic heterocycles. The Morgan fingerprint density at radius 1 is 1.67 bits per heavy atom. The molecule has 0 aliphatic carbocycles. The molecule has 0 saturated carbocycles. The SMILES string of the molecule is COc1cc(O)c(C#N)c(C(=O)CCl)c1. The first-order chi connectivity index (χ1) is 7.13. The molecule has 1 aromatic carbocycles. The smallest absolute Gasteiger partial charge is 0.179 e. The third-order valence-corrected chi connectivity index (χ3v) is 2.10. The zero-order chi connectivity index (χ0) is 11.4. The van der Waals surface area contributed by atoms with E-state index in [2.05, 4.69) is 0 Å². The van der Waals surface area contributed by atoms with Crippen molar-refractivity contribution in [1.29, 1.82) is 5.26 Å². The van der Waals surface area contributed by atoms with Crippen LogP contribution in [0.25, 0.3) is 0 Å². The number of ketones is 1. The van der Waals surface area contributed by atoms with Gasteiger partial charge in [0.25, 0.3) is 0 Å². The fraction of sp³-hybridized carbons (Fsp3) is 0.200. The van der Waals surface area contributed by atoms with Gasteiger partial charge in [-0.05, 0) is 6.07 Å². The van der Waals surface area contributed by atoms with E-state index in [0.717, 1.165) is 0 Å². The van der Waals surface area contributed by atoms with Crippen LogP contribution in [0.2, 0.25) is 0 Å². The second kappa shape index (κ2) is 4.67. The number of rotatable bonds is 3. The number of hydrogen-bond acceptors (Lipinski definition) is 4. The van der Waals surface area contributed by atoms with Crippen molar-refractivity contribution in [2.24, 2.45) is 0 Å². The number of aromatic hydroxyl groups is 1. The van der Waals surface area contributed by atoms with Crippen LogP contribution in [0.1, 0.15) is 15.9 Å².